The van der Waals surface area contributed by atoms with Gasteiger partial charge in [-0.3, -0.25) is 0 Å². The molecule has 0 spiro atoms. The van der Waals surface area contributed by atoms with Crippen molar-refractivity contribution in [1.29, 1.82) is 0 Å². The minimum absolute atomic E-state index is 0.332. The van der Waals surface area contributed by atoms with Crippen molar-refractivity contribution in [3.05, 3.63) is 47.0 Å². The van der Waals surface area contributed by atoms with Crippen LogP contribution in [0.1, 0.15) is 31.3 Å². The zero-order valence-electron chi connectivity index (χ0n) is 13.8. The standard InChI is InChI=1S/C17H20ClN5/c1-11(2)23-10-19-21-17(23)9-22(4)16-7-12(3)14-6-5-13(18)8-15(14)20-16/h5-8,10-11H,9H2,1-4H3. The molecule has 0 radical (unpaired) electrons. The lowest BCUT2D eigenvalue weighted by atomic mass is 10.1. The van der Waals surface area contributed by atoms with Crippen LogP contribution in [0, 0.1) is 6.92 Å². The number of aryl methyl sites for hydroxylation is 1. The van der Waals surface area contributed by atoms with Crippen LogP contribution in [0.2, 0.25) is 5.02 Å². The first-order valence-corrected chi connectivity index (χ1v) is 8.00. The summed E-state index contributed by atoms with van der Waals surface area (Å²) in [5.41, 5.74) is 2.09. The van der Waals surface area contributed by atoms with Crippen molar-refractivity contribution in [3.8, 4) is 0 Å². The smallest absolute Gasteiger partial charge is 0.152 e. The third-order valence-electron chi connectivity index (χ3n) is 3.94. The molecule has 0 aliphatic heterocycles. The molecule has 0 saturated carbocycles. The van der Waals surface area contributed by atoms with Gasteiger partial charge in [-0.15, -0.1) is 10.2 Å². The molecular weight excluding hydrogens is 310 g/mol. The quantitative estimate of drug-likeness (QED) is 0.725. The summed E-state index contributed by atoms with van der Waals surface area (Å²) in [4.78, 5) is 6.82. The van der Waals surface area contributed by atoms with E-state index in [2.05, 4.69) is 46.5 Å². The Morgan fingerprint density at radius 3 is 2.78 bits per heavy atom. The van der Waals surface area contributed by atoms with E-state index >= 15 is 0 Å². The summed E-state index contributed by atoms with van der Waals surface area (Å²) in [6.07, 6.45) is 1.77. The average Bonchev–Trinajstić information content (AvgIpc) is 2.94. The highest BCUT2D eigenvalue weighted by atomic mass is 35.5. The molecule has 0 aliphatic rings. The van der Waals surface area contributed by atoms with E-state index in [4.69, 9.17) is 16.6 Å². The lowest BCUT2D eigenvalue weighted by Gasteiger charge is -2.20. The van der Waals surface area contributed by atoms with E-state index in [1.165, 1.54) is 5.56 Å². The summed E-state index contributed by atoms with van der Waals surface area (Å²) in [5.74, 6) is 1.82. The van der Waals surface area contributed by atoms with E-state index in [0.29, 0.717) is 17.6 Å². The maximum atomic E-state index is 6.10. The lowest BCUT2D eigenvalue weighted by molar-refractivity contribution is 0.564. The van der Waals surface area contributed by atoms with Crippen molar-refractivity contribution in [2.45, 2.75) is 33.4 Å². The molecule has 2 aromatic heterocycles. The largest absolute Gasteiger partial charge is 0.352 e. The molecule has 0 saturated heterocycles. The third-order valence-corrected chi connectivity index (χ3v) is 4.17. The molecule has 6 heteroatoms. The summed E-state index contributed by atoms with van der Waals surface area (Å²) in [7, 11) is 2.01. The van der Waals surface area contributed by atoms with Crippen molar-refractivity contribution < 1.29 is 0 Å². The Kier molecular flexibility index (Phi) is 4.22. The van der Waals surface area contributed by atoms with Gasteiger partial charge in [-0.25, -0.2) is 4.98 Å². The van der Waals surface area contributed by atoms with E-state index < -0.39 is 0 Å². The highest BCUT2D eigenvalue weighted by Gasteiger charge is 2.13. The molecular formula is C17H20ClN5. The molecule has 1 aromatic carbocycles. The number of benzene rings is 1. The van der Waals surface area contributed by atoms with Gasteiger partial charge in [-0.2, -0.15) is 0 Å². The van der Waals surface area contributed by atoms with Crippen LogP contribution in [0.3, 0.4) is 0 Å². The summed E-state index contributed by atoms with van der Waals surface area (Å²) < 4.78 is 2.07. The number of rotatable bonds is 4. The Morgan fingerprint density at radius 1 is 1.26 bits per heavy atom. The second-order valence-corrected chi connectivity index (χ2v) is 6.50. The molecule has 0 fully saturated rings. The van der Waals surface area contributed by atoms with Gasteiger partial charge in [0, 0.05) is 23.5 Å². The fraction of sp³-hybridized carbons (Fsp3) is 0.353. The maximum absolute atomic E-state index is 6.10. The molecule has 23 heavy (non-hydrogen) atoms. The molecule has 0 amide bonds. The fourth-order valence-electron chi connectivity index (χ4n) is 2.66. The Hall–Kier alpha value is -2.14. The normalized spacial score (nSPS) is 11.4. The zero-order chi connectivity index (χ0) is 16.6. The predicted molar refractivity (Wildman–Crippen MR) is 94.0 cm³/mol. The minimum Gasteiger partial charge on any atom is -0.352 e. The van der Waals surface area contributed by atoms with Gasteiger partial charge in [-0.05, 0) is 44.5 Å². The van der Waals surface area contributed by atoms with Crippen molar-refractivity contribution in [2.24, 2.45) is 0 Å². The van der Waals surface area contributed by atoms with Gasteiger partial charge in [0.1, 0.15) is 12.1 Å². The number of anilines is 1. The highest BCUT2D eigenvalue weighted by molar-refractivity contribution is 6.31. The van der Waals surface area contributed by atoms with E-state index in [-0.39, 0.29) is 0 Å². The number of hydrogen-bond donors (Lipinski definition) is 0. The van der Waals surface area contributed by atoms with Gasteiger partial charge in [0.15, 0.2) is 5.82 Å². The van der Waals surface area contributed by atoms with E-state index in [1.54, 1.807) is 6.33 Å². The molecule has 0 aliphatic carbocycles. The van der Waals surface area contributed by atoms with Gasteiger partial charge in [0.2, 0.25) is 0 Å². The molecule has 2 heterocycles. The zero-order valence-corrected chi connectivity index (χ0v) is 14.5. The SMILES string of the molecule is Cc1cc(N(C)Cc2nncn2C(C)C)nc2cc(Cl)ccc12. The number of hydrogen-bond acceptors (Lipinski definition) is 4. The Morgan fingerprint density at radius 2 is 2.04 bits per heavy atom. The van der Waals surface area contributed by atoms with Gasteiger partial charge in [0.05, 0.1) is 12.1 Å². The second-order valence-electron chi connectivity index (χ2n) is 6.06. The Balaban J connectivity index is 1.94. The third kappa shape index (κ3) is 3.15. The monoisotopic (exact) mass is 329 g/mol. The first kappa shape index (κ1) is 15.7. The van der Waals surface area contributed by atoms with Crippen LogP contribution in [-0.4, -0.2) is 26.8 Å². The molecule has 3 aromatic rings. The van der Waals surface area contributed by atoms with Gasteiger partial charge in [0.25, 0.3) is 0 Å². The van der Waals surface area contributed by atoms with Gasteiger partial charge < -0.3 is 9.47 Å². The summed E-state index contributed by atoms with van der Waals surface area (Å²) >= 11 is 6.10. The first-order chi connectivity index (χ1) is 11.0. The van der Waals surface area contributed by atoms with Crippen LogP contribution < -0.4 is 4.90 Å². The topological polar surface area (TPSA) is 46.8 Å². The molecule has 0 bridgehead atoms. The van der Waals surface area contributed by atoms with E-state index in [1.807, 2.05) is 25.2 Å². The number of halogens is 1. The van der Waals surface area contributed by atoms with Crippen LogP contribution in [0.25, 0.3) is 10.9 Å². The Labute approximate surface area is 140 Å². The summed E-state index contributed by atoms with van der Waals surface area (Å²) in [6, 6.07) is 8.23. The minimum atomic E-state index is 0.332. The van der Waals surface area contributed by atoms with Gasteiger partial charge in [-0.1, -0.05) is 17.7 Å². The highest BCUT2D eigenvalue weighted by Crippen LogP contribution is 2.25. The van der Waals surface area contributed by atoms with Crippen LogP contribution in [0.15, 0.2) is 30.6 Å². The molecule has 5 nitrogen and oxygen atoms in total. The summed E-state index contributed by atoms with van der Waals surface area (Å²) in [6.45, 7) is 6.98. The van der Waals surface area contributed by atoms with Crippen molar-refractivity contribution >= 4 is 28.3 Å². The van der Waals surface area contributed by atoms with Crippen molar-refractivity contribution in [2.75, 3.05) is 11.9 Å². The number of aromatic nitrogens is 4. The summed E-state index contributed by atoms with van der Waals surface area (Å²) in [5, 5.41) is 10.1. The maximum Gasteiger partial charge on any atom is 0.152 e. The van der Waals surface area contributed by atoms with Crippen LogP contribution in [-0.2, 0) is 6.54 Å². The van der Waals surface area contributed by atoms with E-state index in [0.717, 1.165) is 22.5 Å². The predicted octanol–water partition coefficient (Wildman–Crippen LogP) is 4.01. The number of nitrogens with zero attached hydrogens (tertiary/aromatic N) is 5. The fourth-order valence-corrected chi connectivity index (χ4v) is 2.82. The van der Waals surface area contributed by atoms with E-state index in [9.17, 15) is 0 Å². The lowest BCUT2D eigenvalue weighted by Crippen LogP contribution is -2.21. The van der Waals surface area contributed by atoms with Crippen molar-refractivity contribution in [3.63, 3.8) is 0 Å². The van der Waals surface area contributed by atoms with Crippen LogP contribution >= 0.6 is 11.6 Å². The molecule has 3 rings (SSSR count). The number of fused-ring (bicyclic) bond motifs is 1. The number of pyridine rings is 1. The second kappa shape index (κ2) is 6.16. The molecule has 120 valence electrons. The van der Waals surface area contributed by atoms with Gasteiger partial charge >= 0.3 is 0 Å². The van der Waals surface area contributed by atoms with Crippen LogP contribution in [0.5, 0.6) is 0 Å². The molecule has 0 N–H and O–H groups in total. The van der Waals surface area contributed by atoms with Crippen LogP contribution in [0.4, 0.5) is 5.82 Å². The first-order valence-electron chi connectivity index (χ1n) is 7.62. The molecule has 0 unspecified atom stereocenters. The average molecular weight is 330 g/mol. The van der Waals surface area contributed by atoms with Crippen molar-refractivity contribution in [1.82, 2.24) is 19.7 Å². The Bertz CT molecular complexity index is 840. The molecule has 0 atom stereocenters.